The SMILES string of the molecule is Nc1cc2cc(F)sc2cc1S. The summed E-state index contributed by atoms with van der Waals surface area (Å²) < 4.78 is 13.6. The standard InChI is InChI=1S/C8H6FNS2/c9-8-2-4-1-5(10)6(11)3-7(4)12-8/h1-3,11H,10H2. The van der Waals surface area contributed by atoms with Crippen LogP contribution >= 0.6 is 24.0 Å². The van der Waals surface area contributed by atoms with Crippen LogP contribution in [-0.4, -0.2) is 0 Å². The van der Waals surface area contributed by atoms with Crippen LogP contribution in [0.5, 0.6) is 0 Å². The Morgan fingerprint density at radius 1 is 1.33 bits per heavy atom. The maximum atomic E-state index is 12.7. The lowest BCUT2D eigenvalue weighted by atomic mass is 10.2. The van der Waals surface area contributed by atoms with Crippen molar-refractivity contribution in [2.75, 3.05) is 5.73 Å². The fourth-order valence-electron chi connectivity index (χ4n) is 1.06. The molecule has 4 heteroatoms. The second-order valence-electron chi connectivity index (χ2n) is 2.50. The van der Waals surface area contributed by atoms with Crippen molar-refractivity contribution >= 4 is 39.7 Å². The Labute approximate surface area is 78.4 Å². The van der Waals surface area contributed by atoms with Crippen LogP contribution in [0, 0.1) is 5.13 Å². The number of nitrogen functional groups attached to an aromatic ring is 1. The molecule has 1 aromatic heterocycles. The molecule has 0 spiro atoms. The summed E-state index contributed by atoms with van der Waals surface area (Å²) in [7, 11) is 0. The van der Waals surface area contributed by atoms with E-state index in [1.807, 2.05) is 0 Å². The van der Waals surface area contributed by atoms with Crippen LogP contribution in [0.4, 0.5) is 10.1 Å². The van der Waals surface area contributed by atoms with Crippen LogP contribution in [0.25, 0.3) is 10.1 Å². The van der Waals surface area contributed by atoms with Gasteiger partial charge in [0.25, 0.3) is 0 Å². The molecule has 2 aromatic rings. The molecule has 2 rings (SSSR count). The fraction of sp³-hybridized carbons (Fsp3) is 0. The van der Waals surface area contributed by atoms with Crippen molar-refractivity contribution in [3.63, 3.8) is 0 Å². The highest BCUT2D eigenvalue weighted by Gasteiger charge is 2.03. The van der Waals surface area contributed by atoms with Gasteiger partial charge in [0.05, 0.1) is 0 Å². The van der Waals surface area contributed by atoms with E-state index in [4.69, 9.17) is 5.73 Å². The normalized spacial score (nSPS) is 10.8. The molecule has 0 aliphatic heterocycles. The van der Waals surface area contributed by atoms with Gasteiger partial charge in [0.1, 0.15) is 0 Å². The van der Waals surface area contributed by atoms with Gasteiger partial charge in [-0.25, -0.2) is 0 Å². The van der Waals surface area contributed by atoms with Gasteiger partial charge in [0.2, 0.25) is 0 Å². The molecule has 0 saturated carbocycles. The van der Waals surface area contributed by atoms with Crippen LogP contribution < -0.4 is 5.73 Å². The Morgan fingerprint density at radius 3 is 2.83 bits per heavy atom. The molecule has 2 N–H and O–H groups in total. The summed E-state index contributed by atoms with van der Waals surface area (Å²) in [5, 5.41) is 0.649. The van der Waals surface area contributed by atoms with Crippen molar-refractivity contribution in [1.82, 2.24) is 0 Å². The maximum Gasteiger partial charge on any atom is 0.177 e. The van der Waals surface area contributed by atoms with Crippen LogP contribution in [0.3, 0.4) is 0 Å². The van der Waals surface area contributed by atoms with Crippen LogP contribution in [0.15, 0.2) is 23.1 Å². The smallest absolute Gasteiger partial charge is 0.177 e. The lowest BCUT2D eigenvalue weighted by Gasteiger charge is -1.97. The van der Waals surface area contributed by atoms with Crippen molar-refractivity contribution in [2.45, 2.75) is 4.90 Å². The third-order valence-electron chi connectivity index (χ3n) is 1.64. The Morgan fingerprint density at radius 2 is 2.08 bits per heavy atom. The molecule has 12 heavy (non-hydrogen) atoms. The minimum atomic E-state index is -0.191. The van der Waals surface area contributed by atoms with Crippen molar-refractivity contribution in [1.29, 1.82) is 0 Å². The number of hydrogen-bond acceptors (Lipinski definition) is 3. The summed E-state index contributed by atoms with van der Waals surface area (Å²) in [6.07, 6.45) is 0. The minimum absolute atomic E-state index is 0.191. The fourth-order valence-corrected chi connectivity index (χ4v) is 2.15. The zero-order chi connectivity index (χ0) is 8.72. The van der Waals surface area contributed by atoms with Gasteiger partial charge in [-0.1, -0.05) is 0 Å². The number of rotatable bonds is 0. The maximum absolute atomic E-state index is 12.7. The Hall–Kier alpha value is -0.740. The van der Waals surface area contributed by atoms with Gasteiger partial charge in [-0.3, -0.25) is 0 Å². The highest BCUT2D eigenvalue weighted by atomic mass is 32.1. The van der Waals surface area contributed by atoms with E-state index in [1.54, 1.807) is 12.1 Å². The first-order valence-corrected chi connectivity index (χ1v) is 4.61. The molecule has 1 heterocycles. The Bertz CT molecular complexity index is 397. The van der Waals surface area contributed by atoms with Crippen LogP contribution in [-0.2, 0) is 0 Å². The predicted molar refractivity (Wildman–Crippen MR) is 53.4 cm³/mol. The third-order valence-corrected chi connectivity index (χ3v) is 2.91. The molecule has 0 unspecified atom stereocenters. The van der Waals surface area contributed by atoms with E-state index in [1.165, 1.54) is 6.07 Å². The molecule has 1 nitrogen and oxygen atoms in total. The molecule has 0 fully saturated rings. The average molecular weight is 199 g/mol. The third kappa shape index (κ3) is 1.17. The number of fused-ring (bicyclic) bond motifs is 1. The van der Waals surface area contributed by atoms with E-state index in [9.17, 15) is 4.39 Å². The summed E-state index contributed by atoms with van der Waals surface area (Å²) in [6.45, 7) is 0. The van der Waals surface area contributed by atoms with Crippen molar-refractivity contribution in [2.24, 2.45) is 0 Å². The quantitative estimate of drug-likeness (QED) is 0.495. The number of anilines is 1. The lowest BCUT2D eigenvalue weighted by Crippen LogP contribution is -1.84. The molecule has 0 atom stereocenters. The zero-order valence-corrected chi connectivity index (χ0v) is 7.75. The number of halogens is 1. The minimum Gasteiger partial charge on any atom is -0.398 e. The molecule has 1 aromatic carbocycles. The first-order valence-electron chi connectivity index (χ1n) is 3.34. The topological polar surface area (TPSA) is 26.0 Å². The largest absolute Gasteiger partial charge is 0.398 e. The van der Waals surface area contributed by atoms with E-state index >= 15 is 0 Å². The van der Waals surface area contributed by atoms with E-state index < -0.39 is 0 Å². The molecule has 0 aliphatic rings. The number of nitrogens with two attached hydrogens (primary N) is 1. The number of benzene rings is 1. The molecular weight excluding hydrogens is 193 g/mol. The number of hydrogen-bond donors (Lipinski definition) is 2. The average Bonchev–Trinajstić information content (AvgIpc) is 2.30. The molecule has 0 aliphatic carbocycles. The zero-order valence-electron chi connectivity index (χ0n) is 6.04. The molecule has 0 radical (unpaired) electrons. The lowest BCUT2D eigenvalue weighted by molar-refractivity contribution is 0.658. The van der Waals surface area contributed by atoms with Gasteiger partial charge in [0, 0.05) is 15.3 Å². The van der Waals surface area contributed by atoms with Crippen LogP contribution in [0.1, 0.15) is 0 Å². The van der Waals surface area contributed by atoms with E-state index in [-0.39, 0.29) is 5.13 Å². The van der Waals surface area contributed by atoms with Gasteiger partial charge in [-0.2, -0.15) is 4.39 Å². The highest BCUT2D eigenvalue weighted by Crippen LogP contribution is 2.30. The van der Waals surface area contributed by atoms with E-state index in [0.717, 1.165) is 21.4 Å². The van der Waals surface area contributed by atoms with Crippen molar-refractivity contribution in [3.05, 3.63) is 23.3 Å². The molecule has 62 valence electrons. The molecule has 0 bridgehead atoms. The monoisotopic (exact) mass is 199 g/mol. The van der Waals surface area contributed by atoms with Gasteiger partial charge >= 0.3 is 0 Å². The second-order valence-corrected chi connectivity index (χ2v) is 4.02. The first kappa shape index (κ1) is 7.89. The number of thiol groups is 1. The van der Waals surface area contributed by atoms with Gasteiger partial charge < -0.3 is 5.73 Å². The molecular formula is C8H6FNS2. The molecule has 0 saturated heterocycles. The van der Waals surface area contributed by atoms with Crippen LogP contribution in [0.2, 0.25) is 0 Å². The van der Waals surface area contributed by atoms with Gasteiger partial charge in [-0.15, -0.1) is 24.0 Å². The second kappa shape index (κ2) is 2.64. The Kier molecular flexibility index (Phi) is 1.73. The summed E-state index contributed by atoms with van der Waals surface area (Å²) in [6, 6.07) is 4.99. The summed E-state index contributed by atoms with van der Waals surface area (Å²) in [4.78, 5) is 0.698. The summed E-state index contributed by atoms with van der Waals surface area (Å²) >= 11 is 5.25. The Balaban J connectivity index is 2.83. The summed E-state index contributed by atoms with van der Waals surface area (Å²) in [5.41, 5.74) is 6.19. The number of thiophene rings is 1. The van der Waals surface area contributed by atoms with Gasteiger partial charge in [-0.05, 0) is 23.6 Å². The van der Waals surface area contributed by atoms with Crippen molar-refractivity contribution in [3.8, 4) is 0 Å². The summed E-state index contributed by atoms with van der Waals surface area (Å²) in [5.74, 6) is 0. The predicted octanol–water partition coefficient (Wildman–Crippen LogP) is 2.91. The van der Waals surface area contributed by atoms with E-state index in [2.05, 4.69) is 12.6 Å². The van der Waals surface area contributed by atoms with Crippen molar-refractivity contribution < 1.29 is 4.39 Å². The van der Waals surface area contributed by atoms with E-state index in [0.29, 0.717) is 10.6 Å². The van der Waals surface area contributed by atoms with Gasteiger partial charge in [0.15, 0.2) is 5.13 Å². The highest BCUT2D eigenvalue weighted by molar-refractivity contribution is 7.80. The molecule has 0 amide bonds. The first-order chi connectivity index (χ1) is 5.66.